The highest BCUT2D eigenvalue weighted by Gasteiger charge is 2.76. The minimum atomic E-state index is -3.34. The topological polar surface area (TPSA) is 114 Å². The lowest BCUT2D eigenvalue weighted by atomic mass is 9.46. The molecular weight excluding hydrogens is 525 g/mol. The van der Waals surface area contributed by atoms with Crippen molar-refractivity contribution in [1.82, 2.24) is 0 Å². The summed E-state index contributed by atoms with van der Waals surface area (Å²) >= 11 is 0. The Labute approximate surface area is 230 Å². The first-order chi connectivity index (χ1) is 18.7. The Hall–Kier alpha value is -1.10. The van der Waals surface area contributed by atoms with E-state index < -0.39 is 25.1 Å². The minimum Gasteiger partial charge on any atom is -0.393 e. The Bertz CT molecular complexity index is 1090. The van der Waals surface area contributed by atoms with Crippen LogP contribution in [-0.2, 0) is 37.4 Å². The van der Waals surface area contributed by atoms with Crippen molar-refractivity contribution in [1.29, 1.82) is 0 Å². The molecule has 11 heteroatoms. The normalized spacial score (nSPS) is 46.0. The van der Waals surface area contributed by atoms with Crippen molar-refractivity contribution in [3.05, 3.63) is 23.8 Å². The van der Waals surface area contributed by atoms with Gasteiger partial charge in [-0.2, -0.15) is 0 Å². The Balaban J connectivity index is 1.22. The molecule has 218 valence electrons. The molecule has 6 aliphatic rings. The van der Waals surface area contributed by atoms with Crippen LogP contribution in [0.1, 0.15) is 59.8 Å². The molecule has 3 saturated carbocycles. The monoisotopic (exact) mass is 567 g/mol. The molecular formula is C28H42NO9P. The fraction of sp³-hybridized carbons (Fsp3) is 0.821. The molecule has 0 amide bonds. The van der Waals surface area contributed by atoms with E-state index in [9.17, 15) is 9.67 Å². The van der Waals surface area contributed by atoms with Crippen molar-refractivity contribution in [3.63, 3.8) is 0 Å². The summed E-state index contributed by atoms with van der Waals surface area (Å²) < 4.78 is 47.5. The molecule has 39 heavy (non-hydrogen) atoms. The highest BCUT2D eigenvalue weighted by molar-refractivity contribution is 7.53. The van der Waals surface area contributed by atoms with Crippen molar-refractivity contribution >= 4 is 13.3 Å². The number of aliphatic hydroxyl groups excluding tert-OH is 1. The van der Waals surface area contributed by atoms with Crippen LogP contribution in [0.2, 0.25) is 0 Å². The van der Waals surface area contributed by atoms with Gasteiger partial charge in [0.2, 0.25) is 12.1 Å². The Morgan fingerprint density at radius 1 is 1.13 bits per heavy atom. The molecule has 0 aromatic carbocycles. The van der Waals surface area contributed by atoms with Crippen LogP contribution < -0.4 is 0 Å². The zero-order valence-electron chi connectivity index (χ0n) is 23.4. The fourth-order valence-electron chi connectivity index (χ4n) is 9.05. The van der Waals surface area contributed by atoms with E-state index in [-0.39, 0.29) is 49.9 Å². The van der Waals surface area contributed by atoms with Gasteiger partial charge in [0.25, 0.3) is 0 Å². The lowest BCUT2D eigenvalue weighted by molar-refractivity contribution is -0.256. The number of rotatable bonds is 7. The van der Waals surface area contributed by atoms with Crippen molar-refractivity contribution in [3.8, 4) is 0 Å². The van der Waals surface area contributed by atoms with Gasteiger partial charge in [0.1, 0.15) is 17.9 Å². The molecule has 0 aromatic rings. The molecule has 4 aliphatic carbocycles. The predicted octanol–water partition coefficient (Wildman–Crippen LogP) is 4.74. The number of ether oxygens (including phenoxy) is 4. The van der Waals surface area contributed by atoms with Crippen molar-refractivity contribution in [2.75, 3.05) is 39.8 Å². The standard InChI is InChI=1S/C28H42NO9P/c1-5-37-39(31,38-6-2)18-36-29-20-9-11-25(3)19(13-20)7-8-21-22-10-12-27(26(22,4)14-23(30)24(21)25)28(35-17-33-27)15-32-16-34-28/h9,11,13,21-24,30H,5-8,10,12,14-18H2,1-4H3/b29-20+/t21?,22?,23-,24?,25-,26-,27+,28?/m0/s1. The van der Waals surface area contributed by atoms with E-state index in [1.165, 1.54) is 5.57 Å². The lowest BCUT2D eigenvalue weighted by Crippen LogP contribution is -2.66. The van der Waals surface area contributed by atoms with Crippen LogP contribution in [-0.4, -0.2) is 68.1 Å². The van der Waals surface area contributed by atoms with E-state index >= 15 is 0 Å². The van der Waals surface area contributed by atoms with Gasteiger partial charge in [-0.25, -0.2) is 0 Å². The first-order valence-electron chi connectivity index (χ1n) is 14.3. The second-order valence-corrected chi connectivity index (χ2v) is 14.2. The van der Waals surface area contributed by atoms with Crippen molar-refractivity contribution in [2.45, 2.75) is 77.3 Å². The molecule has 2 aliphatic heterocycles. The van der Waals surface area contributed by atoms with Crippen molar-refractivity contribution in [2.24, 2.45) is 33.7 Å². The van der Waals surface area contributed by atoms with Gasteiger partial charge in [-0.1, -0.05) is 30.7 Å². The number of nitrogens with zero attached hydrogens (tertiary/aromatic N) is 1. The molecule has 10 nitrogen and oxygen atoms in total. The van der Waals surface area contributed by atoms with E-state index in [1.807, 2.05) is 6.08 Å². The first kappa shape index (κ1) is 28.0. The van der Waals surface area contributed by atoms with Crippen molar-refractivity contribution < 1.29 is 42.5 Å². The van der Waals surface area contributed by atoms with Crippen LogP contribution in [0.25, 0.3) is 0 Å². The summed E-state index contributed by atoms with van der Waals surface area (Å²) in [6.07, 6.45) is 9.80. The van der Waals surface area contributed by atoms with E-state index in [4.69, 9.17) is 32.8 Å². The summed E-state index contributed by atoms with van der Waals surface area (Å²) in [5.41, 5.74) is 0.704. The highest BCUT2D eigenvalue weighted by atomic mass is 31.2. The molecule has 1 N–H and O–H groups in total. The molecule has 4 unspecified atom stereocenters. The second kappa shape index (κ2) is 10.0. The van der Waals surface area contributed by atoms with Crippen LogP contribution in [0, 0.1) is 28.6 Å². The van der Waals surface area contributed by atoms with E-state index in [1.54, 1.807) is 13.8 Å². The van der Waals surface area contributed by atoms with Gasteiger partial charge in [0, 0.05) is 16.7 Å². The minimum absolute atomic E-state index is 0.0830. The summed E-state index contributed by atoms with van der Waals surface area (Å²) in [4.78, 5) is 5.44. The second-order valence-electron chi connectivity index (χ2n) is 12.2. The van der Waals surface area contributed by atoms with Gasteiger partial charge >= 0.3 is 7.60 Å². The summed E-state index contributed by atoms with van der Waals surface area (Å²) in [5.74, 6) is -0.0897. The highest BCUT2D eigenvalue weighted by Crippen LogP contribution is 2.71. The van der Waals surface area contributed by atoms with Gasteiger partial charge in [-0.05, 0) is 69.9 Å². The van der Waals surface area contributed by atoms with Gasteiger partial charge in [0.15, 0.2) is 13.6 Å². The largest absolute Gasteiger partial charge is 0.393 e. The molecule has 6 rings (SSSR count). The fourth-order valence-corrected chi connectivity index (χ4v) is 10.3. The summed E-state index contributed by atoms with van der Waals surface area (Å²) in [5, 5.41) is 16.1. The Morgan fingerprint density at radius 3 is 2.62 bits per heavy atom. The summed E-state index contributed by atoms with van der Waals surface area (Å²) in [6, 6.07) is 0. The zero-order chi connectivity index (χ0) is 27.5. The maximum atomic E-state index is 12.7. The van der Waals surface area contributed by atoms with Gasteiger partial charge in [-0.15, -0.1) is 0 Å². The van der Waals surface area contributed by atoms with Gasteiger partial charge < -0.3 is 37.9 Å². The number of aliphatic hydroxyl groups is 1. The maximum absolute atomic E-state index is 12.7. The molecule has 5 fully saturated rings. The quantitative estimate of drug-likeness (QED) is 0.344. The van der Waals surface area contributed by atoms with Crippen LogP contribution in [0.5, 0.6) is 0 Å². The van der Waals surface area contributed by atoms with E-state index in [0.717, 1.165) is 25.7 Å². The maximum Gasteiger partial charge on any atom is 0.370 e. The van der Waals surface area contributed by atoms with Crippen LogP contribution in [0.15, 0.2) is 29.0 Å². The molecule has 8 atom stereocenters. The number of allylic oxidation sites excluding steroid dienone is 4. The number of hydrogen-bond donors (Lipinski definition) is 1. The van der Waals surface area contributed by atoms with Crippen LogP contribution in [0.3, 0.4) is 0 Å². The SMILES string of the molecule is CCOP(=O)(CO/N=C1\C=C[C@@]2(C)C(=C1)CCC1C2[C@@H](O)C[C@@]2(C)C1CC[C@@]21OCOC12COCO2)OCC. The van der Waals surface area contributed by atoms with Gasteiger partial charge in [0.05, 0.1) is 19.3 Å². The Kier molecular flexibility index (Phi) is 7.20. The third kappa shape index (κ3) is 4.08. The molecule has 2 saturated heterocycles. The first-order valence-corrected chi connectivity index (χ1v) is 16.0. The zero-order valence-corrected chi connectivity index (χ0v) is 24.3. The number of oxime groups is 1. The summed E-state index contributed by atoms with van der Waals surface area (Å²) in [6.45, 7) is 9.35. The van der Waals surface area contributed by atoms with E-state index in [0.29, 0.717) is 30.6 Å². The molecule has 2 spiro atoms. The lowest BCUT2D eigenvalue weighted by Gasteiger charge is -2.60. The Morgan fingerprint density at radius 2 is 1.90 bits per heavy atom. The smallest absolute Gasteiger partial charge is 0.370 e. The average molecular weight is 568 g/mol. The summed E-state index contributed by atoms with van der Waals surface area (Å²) in [7, 11) is -3.34. The molecule has 0 aromatic heterocycles. The molecule has 0 bridgehead atoms. The third-order valence-corrected chi connectivity index (χ3v) is 12.3. The van der Waals surface area contributed by atoms with Crippen LogP contribution >= 0.6 is 7.60 Å². The van der Waals surface area contributed by atoms with Gasteiger partial charge in [-0.3, -0.25) is 4.57 Å². The third-order valence-electron chi connectivity index (χ3n) is 10.5. The average Bonchev–Trinajstić information content (AvgIpc) is 3.59. The number of fused-ring (bicyclic) bond motifs is 7. The number of hydrogen-bond acceptors (Lipinski definition) is 10. The van der Waals surface area contributed by atoms with E-state index in [2.05, 4.69) is 31.2 Å². The molecule has 2 heterocycles. The van der Waals surface area contributed by atoms with Crippen LogP contribution in [0.4, 0.5) is 0 Å². The molecule has 0 radical (unpaired) electrons. The predicted molar refractivity (Wildman–Crippen MR) is 142 cm³/mol.